The zero-order chi connectivity index (χ0) is 8.81. The third-order valence-corrected chi connectivity index (χ3v) is 1.95. The topological polar surface area (TPSA) is 35.8 Å². The zero-order valence-electron chi connectivity index (χ0n) is 6.55. The monoisotopic (exact) mass is 272 g/mol. The molecule has 0 aromatic heterocycles. The van der Waals surface area contributed by atoms with E-state index in [1.54, 1.807) is 6.07 Å². The lowest BCUT2D eigenvalue weighted by molar-refractivity contribution is 1.25. The average molecular weight is 272 g/mol. The first kappa shape index (κ1) is 9.33. The largest absolute Gasteiger partial charge is 0.384 e. The first-order valence-corrected chi connectivity index (χ1v) is 5.19. The van der Waals surface area contributed by atoms with Gasteiger partial charge in [0.25, 0.3) is 0 Å². The molecule has 0 bridgehead atoms. The highest BCUT2D eigenvalue weighted by Gasteiger charge is 1.92. The second-order valence-electron chi connectivity index (χ2n) is 2.31. The van der Waals surface area contributed by atoms with E-state index in [1.807, 2.05) is 18.2 Å². The lowest BCUT2D eigenvalue weighted by Gasteiger charge is -2.02. The van der Waals surface area contributed by atoms with Crippen LogP contribution in [0.3, 0.4) is 0 Å². The van der Waals surface area contributed by atoms with E-state index in [0.29, 0.717) is 5.56 Å². The van der Waals surface area contributed by atoms with Crippen molar-refractivity contribution in [2.24, 2.45) is 0 Å². The molecule has 1 N–H and O–H groups in total. The van der Waals surface area contributed by atoms with Crippen LogP contribution in [0.1, 0.15) is 5.56 Å². The van der Waals surface area contributed by atoms with Crippen LogP contribution < -0.4 is 5.32 Å². The smallest absolute Gasteiger partial charge is 0.0992 e. The van der Waals surface area contributed by atoms with Gasteiger partial charge in [0, 0.05) is 16.7 Å². The van der Waals surface area contributed by atoms with Gasteiger partial charge in [-0.05, 0) is 18.2 Å². The number of nitriles is 1. The van der Waals surface area contributed by atoms with E-state index in [0.717, 1.165) is 16.7 Å². The van der Waals surface area contributed by atoms with Crippen LogP contribution >= 0.6 is 22.6 Å². The number of nitrogens with one attached hydrogen (secondary N) is 1. The summed E-state index contributed by atoms with van der Waals surface area (Å²) in [6, 6.07) is 9.60. The lowest BCUT2D eigenvalue weighted by atomic mass is 10.2. The maximum absolute atomic E-state index is 8.61. The van der Waals surface area contributed by atoms with Crippen LogP contribution in [0.4, 0.5) is 5.69 Å². The minimum Gasteiger partial charge on any atom is -0.384 e. The summed E-state index contributed by atoms with van der Waals surface area (Å²) < 4.78 is 1.06. The Hall–Kier alpha value is -0.760. The molecule has 1 aromatic rings. The van der Waals surface area contributed by atoms with E-state index >= 15 is 0 Å². The van der Waals surface area contributed by atoms with Gasteiger partial charge in [0.15, 0.2) is 0 Å². The molecule has 0 saturated heterocycles. The highest BCUT2D eigenvalue weighted by atomic mass is 127. The fourth-order valence-corrected chi connectivity index (χ4v) is 1.16. The summed E-state index contributed by atoms with van der Waals surface area (Å²) in [4.78, 5) is 0. The summed E-state index contributed by atoms with van der Waals surface area (Å²) in [7, 11) is 0. The molecule has 0 heterocycles. The predicted molar refractivity (Wildman–Crippen MR) is 58.5 cm³/mol. The van der Waals surface area contributed by atoms with Gasteiger partial charge in [-0.2, -0.15) is 5.26 Å². The van der Waals surface area contributed by atoms with Gasteiger partial charge in [-0.15, -0.1) is 0 Å². The van der Waals surface area contributed by atoms with E-state index < -0.39 is 0 Å². The second-order valence-corrected chi connectivity index (χ2v) is 3.39. The van der Waals surface area contributed by atoms with Crippen molar-refractivity contribution < 1.29 is 0 Å². The molecule has 0 spiro atoms. The van der Waals surface area contributed by atoms with Crippen LogP contribution in [0.15, 0.2) is 24.3 Å². The first-order chi connectivity index (χ1) is 5.86. The SMILES string of the molecule is N#Cc1cccc(NCCI)c1. The lowest BCUT2D eigenvalue weighted by Crippen LogP contribution is -2.01. The number of hydrogen-bond acceptors (Lipinski definition) is 2. The average Bonchev–Trinajstić information content (AvgIpc) is 2.15. The van der Waals surface area contributed by atoms with Crippen molar-refractivity contribution in [2.75, 3.05) is 16.3 Å². The van der Waals surface area contributed by atoms with Crippen LogP contribution in [-0.2, 0) is 0 Å². The van der Waals surface area contributed by atoms with Gasteiger partial charge in [0.2, 0.25) is 0 Å². The Balaban J connectivity index is 2.68. The Morgan fingerprint density at radius 2 is 2.33 bits per heavy atom. The summed E-state index contributed by atoms with van der Waals surface area (Å²) in [6.45, 7) is 0.940. The summed E-state index contributed by atoms with van der Waals surface area (Å²) in [5.74, 6) is 0. The molecule has 0 fully saturated rings. The molecular weight excluding hydrogens is 263 g/mol. The number of nitrogens with zero attached hydrogens (tertiary/aromatic N) is 1. The first-order valence-electron chi connectivity index (χ1n) is 3.67. The summed E-state index contributed by atoms with van der Waals surface area (Å²) in [5.41, 5.74) is 1.72. The quantitative estimate of drug-likeness (QED) is 0.677. The molecule has 1 rings (SSSR count). The van der Waals surface area contributed by atoms with E-state index in [4.69, 9.17) is 5.26 Å². The summed E-state index contributed by atoms with van der Waals surface area (Å²) in [5, 5.41) is 11.8. The molecule has 0 aliphatic carbocycles. The van der Waals surface area contributed by atoms with Crippen molar-refractivity contribution in [3.05, 3.63) is 29.8 Å². The molecule has 62 valence electrons. The van der Waals surface area contributed by atoms with Crippen molar-refractivity contribution in [2.45, 2.75) is 0 Å². The minimum absolute atomic E-state index is 0.702. The predicted octanol–water partition coefficient (Wildman–Crippen LogP) is 2.41. The van der Waals surface area contributed by atoms with E-state index in [9.17, 15) is 0 Å². The fraction of sp³-hybridized carbons (Fsp3) is 0.222. The summed E-state index contributed by atoms with van der Waals surface area (Å²) in [6.07, 6.45) is 0. The molecule has 0 atom stereocenters. The molecule has 0 saturated carbocycles. The molecule has 0 amide bonds. The molecule has 1 aromatic carbocycles. The Morgan fingerprint density at radius 1 is 1.50 bits per heavy atom. The van der Waals surface area contributed by atoms with Gasteiger partial charge in [0.05, 0.1) is 11.6 Å². The Labute approximate surface area is 85.7 Å². The molecular formula is C9H9IN2. The van der Waals surface area contributed by atoms with E-state index in [-0.39, 0.29) is 0 Å². The van der Waals surface area contributed by atoms with Crippen LogP contribution in [0.25, 0.3) is 0 Å². The van der Waals surface area contributed by atoms with E-state index in [1.165, 1.54) is 0 Å². The second kappa shape index (κ2) is 4.99. The van der Waals surface area contributed by atoms with Crippen LogP contribution in [0.5, 0.6) is 0 Å². The van der Waals surface area contributed by atoms with Gasteiger partial charge >= 0.3 is 0 Å². The van der Waals surface area contributed by atoms with Crippen molar-refractivity contribution in [3.63, 3.8) is 0 Å². The third-order valence-electron chi connectivity index (χ3n) is 1.42. The number of rotatable bonds is 3. The minimum atomic E-state index is 0.702. The molecule has 3 heteroatoms. The number of alkyl halides is 1. The number of benzene rings is 1. The highest BCUT2D eigenvalue weighted by molar-refractivity contribution is 14.1. The van der Waals surface area contributed by atoms with Crippen molar-refractivity contribution in [1.29, 1.82) is 5.26 Å². The van der Waals surface area contributed by atoms with Gasteiger partial charge in [0.1, 0.15) is 0 Å². The Kier molecular flexibility index (Phi) is 3.88. The molecule has 0 unspecified atom stereocenters. The zero-order valence-corrected chi connectivity index (χ0v) is 8.71. The number of anilines is 1. The molecule has 2 nitrogen and oxygen atoms in total. The standard InChI is InChI=1S/C9H9IN2/c10-4-5-12-9-3-1-2-8(6-9)7-11/h1-3,6,12H,4-5H2. The molecule has 12 heavy (non-hydrogen) atoms. The highest BCUT2D eigenvalue weighted by Crippen LogP contribution is 2.08. The summed E-state index contributed by atoms with van der Waals surface area (Å²) >= 11 is 2.30. The fourth-order valence-electron chi connectivity index (χ4n) is 0.890. The van der Waals surface area contributed by atoms with Crippen molar-refractivity contribution in [1.82, 2.24) is 0 Å². The van der Waals surface area contributed by atoms with Gasteiger partial charge in [-0.3, -0.25) is 0 Å². The molecule has 0 aliphatic heterocycles. The maximum Gasteiger partial charge on any atom is 0.0992 e. The number of halogens is 1. The normalized spacial score (nSPS) is 9.00. The van der Waals surface area contributed by atoms with Crippen molar-refractivity contribution in [3.8, 4) is 6.07 Å². The van der Waals surface area contributed by atoms with Crippen LogP contribution in [-0.4, -0.2) is 11.0 Å². The van der Waals surface area contributed by atoms with Crippen molar-refractivity contribution >= 4 is 28.3 Å². The third kappa shape index (κ3) is 2.70. The Bertz CT molecular complexity index is 291. The maximum atomic E-state index is 8.61. The Morgan fingerprint density at radius 3 is 3.00 bits per heavy atom. The van der Waals surface area contributed by atoms with Gasteiger partial charge < -0.3 is 5.32 Å². The molecule has 0 radical (unpaired) electrons. The molecule has 0 aliphatic rings. The van der Waals surface area contributed by atoms with Crippen LogP contribution in [0, 0.1) is 11.3 Å². The van der Waals surface area contributed by atoms with Gasteiger partial charge in [-0.1, -0.05) is 28.7 Å². The van der Waals surface area contributed by atoms with E-state index in [2.05, 4.69) is 34.0 Å². The van der Waals surface area contributed by atoms with Gasteiger partial charge in [-0.25, -0.2) is 0 Å². The van der Waals surface area contributed by atoms with Crippen LogP contribution in [0.2, 0.25) is 0 Å². The number of hydrogen-bond donors (Lipinski definition) is 1.